The van der Waals surface area contributed by atoms with Gasteiger partial charge in [-0.25, -0.2) is 13.2 Å². The highest BCUT2D eigenvalue weighted by Crippen LogP contribution is 2.35. The van der Waals surface area contributed by atoms with Crippen LogP contribution in [0.15, 0.2) is 36.4 Å². The van der Waals surface area contributed by atoms with Crippen LogP contribution in [-0.2, 0) is 6.42 Å². The molecular weight excluding hydrogens is 381 g/mol. The molecule has 0 amide bonds. The van der Waals surface area contributed by atoms with Crippen LogP contribution in [0.3, 0.4) is 0 Å². The highest BCUT2D eigenvalue weighted by atomic mass is 19.2. The first kappa shape index (κ1) is 22.9. The minimum atomic E-state index is -0.749. The summed E-state index contributed by atoms with van der Waals surface area (Å²) in [6.45, 7) is 2.20. The second kappa shape index (κ2) is 11.6. The highest BCUT2D eigenvalue weighted by Gasteiger charge is 2.22. The van der Waals surface area contributed by atoms with Crippen molar-refractivity contribution in [1.29, 1.82) is 0 Å². The first-order chi connectivity index (χ1) is 14.6. The van der Waals surface area contributed by atoms with Gasteiger partial charge in [-0.1, -0.05) is 81.8 Å². The minimum Gasteiger partial charge on any atom is -0.247 e. The molecule has 1 aliphatic rings. The van der Waals surface area contributed by atoms with Crippen LogP contribution in [0.1, 0.15) is 94.6 Å². The fraction of sp³-hybridized carbons (Fsp3) is 0.556. The fourth-order valence-corrected chi connectivity index (χ4v) is 4.60. The van der Waals surface area contributed by atoms with E-state index in [2.05, 4.69) is 6.92 Å². The summed E-state index contributed by atoms with van der Waals surface area (Å²) in [7, 11) is 0. The lowest BCUT2D eigenvalue weighted by molar-refractivity contribution is 0.235. The summed E-state index contributed by atoms with van der Waals surface area (Å²) in [6, 6.07) is 11.2. The smallest absolute Gasteiger partial charge is 0.166 e. The molecule has 0 radical (unpaired) electrons. The second-order valence-corrected chi connectivity index (χ2v) is 8.84. The van der Waals surface area contributed by atoms with Crippen LogP contribution in [0, 0.1) is 11.6 Å². The number of hydrogen-bond donors (Lipinski definition) is 0. The van der Waals surface area contributed by atoms with Crippen molar-refractivity contribution in [2.24, 2.45) is 0 Å². The van der Waals surface area contributed by atoms with Gasteiger partial charge in [-0.15, -0.1) is 0 Å². The van der Waals surface area contributed by atoms with Crippen LogP contribution >= 0.6 is 0 Å². The third-order valence-electron chi connectivity index (χ3n) is 6.56. The number of rotatable bonds is 10. The Morgan fingerprint density at radius 3 is 2.03 bits per heavy atom. The Morgan fingerprint density at radius 1 is 0.733 bits per heavy atom. The van der Waals surface area contributed by atoms with E-state index in [0.29, 0.717) is 41.9 Å². The van der Waals surface area contributed by atoms with Crippen molar-refractivity contribution < 1.29 is 13.2 Å². The lowest BCUT2D eigenvalue weighted by Gasteiger charge is -2.24. The monoisotopic (exact) mass is 416 g/mol. The van der Waals surface area contributed by atoms with Crippen molar-refractivity contribution in [2.45, 2.75) is 96.1 Å². The van der Waals surface area contributed by atoms with Gasteiger partial charge in [0.1, 0.15) is 6.17 Å². The Balaban J connectivity index is 1.58. The number of alkyl halides is 1. The van der Waals surface area contributed by atoms with Gasteiger partial charge in [0, 0.05) is 5.56 Å². The lowest BCUT2D eigenvalue weighted by Crippen LogP contribution is -2.13. The van der Waals surface area contributed by atoms with E-state index in [1.165, 1.54) is 37.7 Å². The van der Waals surface area contributed by atoms with E-state index in [1.807, 2.05) is 24.3 Å². The summed E-state index contributed by atoms with van der Waals surface area (Å²) in [5, 5.41) is 0. The summed E-state index contributed by atoms with van der Waals surface area (Å²) in [5.74, 6) is -1.08. The molecule has 164 valence electrons. The maximum atomic E-state index is 14.7. The molecule has 30 heavy (non-hydrogen) atoms. The Labute approximate surface area is 179 Å². The fourth-order valence-electron chi connectivity index (χ4n) is 4.60. The summed E-state index contributed by atoms with van der Waals surface area (Å²) in [5.41, 5.74) is 2.65. The van der Waals surface area contributed by atoms with Crippen LogP contribution in [0.2, 0.25) is 0 Å². The molecule has 1 saturated carbocycles. The quantitative estimate of drug-likeness (QED) is 0.339. The average Bonchev–Trinajstić information content (AvgIpc) is 2.77. The number of halogens is 3. The van der Waals surface area contributed by atoms with Crippen LogP contribution in [0.4, 0.5) is 13.2 Å². The summed E-state index contributed by atoms with van der Waals surface area (Å²) in [6.07, 6.45) is 11.0. The van der Waals surface area contributed by atoms with E-state index < -0.39 is 17.8 Å². The van der Waals surface area contributed by atoms with Crippen molar-refractivity contribution in [3.63, 3.8) is 0 Å². The Kier molecular flexibility index (Phi) is 8.84. The van der Waals surface area contributed by atoms with Crippen molar-refractivity contribution in [3.05, 3.63) is 59.2 Å². The van der Waals surface area contributed by atoms with E-state index in [1.54, 1.807) is 12.1 Å². The predicted octanol–water partition coefficient (Wildman–Crippen LogP) is 8.92. The Hall–Kier alpha value is -1.77. The molecule has 1 fully saturated rings. The van der Waals surface area contributed by atoms with E-state index in [0.717, 1.165) is 25.7 Å². The van der Waals surface area contributed by atoms with Crippen molar-refractivity contribution in [1.82, 2.24) is 0 Å². The topological polar surface area (TPSA) is 0 Å². The van der Waals surface area contributed by atoms with Gasteiger partial charge in [-0.05, 0) is 61.1 Å². The molecule has 0 unspecified atom stereocenters. The number of hydrogen-bond acceptors (Lipinski definition) is 0. The molecule has 1 aliphatic carbocycles. The first-order valence-electron chi connectivity index (χ1n) is 11.8. The molecule has 0 bridgehead atoms. The molecular formula is C27H35F3. The van der Waals surface area contributed by atoms with Gasteiger partial charge in [0.25, 0.3) is 0 Å². The van der Waals surface area contributed by atoms with Crippen molar-refractivity contribution in [2.75, 3.05) is 0 Å². The van der Waals surface area contributed by atoms with E-state index in [-0.39, 0.29) is 0 Å². The molecule has 0 aliphatic heterocycles. The van der Waals surface area contributed by atoms with E-state index in [9.17, 15) is 13.2 Å². The van der Waals surface area contributed by atoms with Gasteiger partial charge >= 0.3 is 0 Å². The van der Waals surface area contributed by atoms with Crippen LogP contribution in [-0.4, -0.2) is 6.17 Å². The predicted molar refractivity (Wildman–Crippen MR) is 120 cm³/mol. The molecule has 0 aromatic heterocycles. The number of aryl methyl sites for hydroxylation is 1. The van der Waals surface area contributed by atoms with Gasteiger partial charge in [0.2, 0.25) is 0 Å². The Morgan fingerprint density at radius 2 is 1.37 bits per heavy atom. The summed E-state index contributed by atoms with van der Waals surface area (Å²) in [4.78, 5) is 0. The minimum absolute atomic E-state index is 0.315. The molecule has 2 aromatic rings. The van der Waals surface area contributed by atoms with Gasteiger partial charge in [0.15, 0.2) is 11.6 Å². The molecule has 0 nitrogen and oxygen atoms in total. The first-order valence-corrected chi connectivity index (χ1v) is 11.8. The summed E-state index contributed by atoms with van der Waals surface area (Å²) >= 11 is 0. The maximum Gasteiger partial charge on any atom is 0.166 e. The second-order valence-electron chi connectivity index (χ2n) is 8.84. The zero-order valence-electron chi connectivity index (χ0n) is 18.2. The molecule has 0 saturated heterocycles. The SMILES string of the molecule is CCCCCCCCCc1ccc(-c2ccc(C3CCC(F)CC3)cc2)c(F)c1F. The Bertz CT molecular complexity index is 773. The molecule has 3 heteroatoms. The molecule has 0 heterocycles. The van der Waals surface area contributed by atoms with Crippen LogP contribution < -0.4 is 0 Å². The normalized spacial score (nSPS) is 19.2. The molecule has 0 spiro atoms. The van der Waals surface area contributed by atoms with Gasteiger partial charge in [-0.3, -0.25) is 0 Å². The third kappa shape index (κ3) is 6.12. The lowest BCUT2D eigenvalue weighted by atomic mass is 9.83. The third-order valence-corrected chi connectivity index (χ3v) is 6.56. The van der Waals surface area contributed by atoms with Crippen LogP contribution in [0.5, 0.6) is 0 Å². The van der Waals surface area contributed by atoms with Crippen LogP contribution in [0.25, 0.3) is 11.1 Å². The number of unbranched alkanes of at least 4 members (excludes halogenated alkanes) is 6. The van der Waals surface area contributed by atoms with Crippen molar-refractivity contribution >= 4 is 0 Å². The van der Waals surface area contributed by atoms with E-state index in [4.69, 9.17) is 0 Å². The van der Waals surface area contributed by atoms with Gasteiger partial charge < -0.3 is 0 Å². The average molecular weight is 417 g/mol. The number of benzene rings is 2. The van der Waals surface area contributed by atoms with E-state index >= 15 is 0 Å². The standard InChI is InChI=1S/C27H35F3/c1-2-3-4-5-6-7-8-9-23-16-19-25(27(30)26(23)29)22-12-10-20(11-13-22)21-14-17-24(28)18-15-21/h10-13,16,19,21,24H,2-9,14-15,17-18H2,1H3. The maximum absolute atomic E-state index is 14.7. The zero-order valence-corrected chi connectivity index (χ0v) is 18.2. The highest BCUT2D eigenvalue weighted by molar-refractivity contribution is 5.65. The largest absolute Gasteiger partial charge is 0.247 e. The van der Waals surface area contributed by atoms with Gasteiger partial charge in [-0.2, -0.15) is 0 Å². The summed E-state index contributed by atoms with van der Waals surface area (Å²) < 4.78 is 42.7. The van der Waals surface area contributed by atoms with Gasteiger partial charge in [0.05, 0.1) is 0 Å². The molecule has 3 rings (SSSR count). The zero-order chi connectivity index (χ0) is 21.3. The molecule has 2 aromatic carbocycles. The molecule has 0 N–H and O–H groups in total. The van der Waals surface area contributed by atoms with Crippen molar-refractivity contribution in [3.8, 4) is 11.1 Å². The molecule has 0 atom stereocenters.